The number of hydrogen-bond donors (Lipinski definition) is 2. The molecule has 24 heavy (non-hydrogen) atoms. The van der Waals surface area contributed by atoms with Gasteiger partial charge in [-0.15, -0.1) is 11.3 Å². The van der Waals surface area contributed by atoms with Gasteiger partial charge in [0.05, 0.1) is 18.7 Å². The third-order valence-electron chi connectivity index (χ3n) is 3.17. The highest BCUT2D eigenvalue weighted by Crippen LogP contribution is 2.32. The van der Waals surface area contributed by atoms with Gasteiger partial charge in [0.1, 0.15) is 5.75 Å². The predicted octanol–water partition coefficient (Wildman–Crippen LogP) is 3.57. The normalized spacial score (nSPS) is 10.4. The molecular weight excluding hydrogens is 328 g/mol. The van der Waals surface area contributed by atoms with E-state index < -0.39 is 5.97 Å². The number of carbonyl (C=O) groups excluding carboxylic acids is 1. The smallest absolute Gasteiger partial charge is 0.308 e. The zero-order valence-corrected chi connectivity index (χ0v) is 14.5. The van der Waals surface area contributed by atoms with Crippen molar-refractivity contribution in [3.8, 4) is 17.0 Å². The van der Waals surface area contributed by atoms with Gasteiger partial charge in [0, 0.05) is 16.9 Å². The van der Waals surface area contributed by atoms with E-state index in [1.807, 2.05) is 38.1 Å². The number of nitrogens with one attached hydrogen (secondary N) is 1. The van der Waals surface area contributed by atoms with Crippen molar-refractivity contribution in [2.24, 2.45) is 0 Å². The lowest BCUT2D eigenvalue weighted by molar-refractivity contribution is -0.136. The van der Waals surface area contributed by atoms with Crippen molar-refractivity contribution in [3.63, 3.8) is 0 Å². The van der Waals surface area contributed by atoms with E-state index >= 15 is 0 Å². The summed E-state index contributed by atoms with van der Waals surface area (Å²) in [4.78, 5) is 27.9. The van der Waals surface area contributed by atoms with Crippen molar-refractivity contribution in [2.75, 3.05) is 11.9 Å². The summed E-state index contributed by atoms with van der Waals surface area (Å²) in [5, 5.41) is 12.3. The average molecular weight is 348 g/mol. The molecule has 0 fully saturated rings. The van der Waals surface area contributed by atoms with E-state index in [-0.39, 0.29) is 12.3 Å². The Hall–Kier alpha value is -2.41. The molecule has 1 aromatic heterocycles. The fourth-order valence-electron chi connectivity index (χ4n) is 2.17. The highest BCUT2D eigenvalue weighted by atomic mass is 32.1. The first-order valence-electron chi connectivity index (χ1n) is 7.78. The van der Waals surface area contributed by atoms with Crippen molar-refractivity contribution in [2.45, 2.75) is 33.1 Å². The number of aliphatic carboxylic acids is 1. The van der Waals surface area contributed by atoms with Crippen LogP contribution < -0.4 is 10.1 Å². The first kappa shape index (κ1) is 17.9. The zero-order chi connectivity index (χ0) is 17.5. The summed E-state index contributed by atoms with van der Waals surface area (Å²) in [6.45, 7) is 4.40. The van der Waals surface area contributed by atoms with Gasteiger partial charge in [0.2, 0.25) is 5.91 Å². The second-order valence-corrected chi connectivity index (χ2v) is 6.20. The first-order valence-corrected chi connectivity index (χ1v) is 8.59. The molecule has 0 aliphatic heterocycles. The Labute approximate surface area is 144 Å². The van der Waals surface area contributed by atoms with Gasteiger partial charge >= 0.3 is 5.97 Å². The number of nitrogens with zero attached hydrogens (tertiary/aromatic N) is 1. The van der Waals surface area contributed by atoms with Gasteiger partial charge in [-0.3, -0.25) is 9.59 Å². The summed E-state index contributed by atoms with van der Waals surface area (Å²) in [5.41, 5.74) is 1.37. The molecule has 128 valence electrons. The Morgan fingerprint density at radius 2 is 1.96 bits per heavy atom. The van der Waals surface area contributed by atoms with Gasteiger partial charge in [-0.25, -0.2) is 4.98 Å². The number of carbonyl (C=O) groups is 2. The minimum atomic E-state index is -0.933. The predicted molar refractivity (Wildman–Crippen MR) is 93.6 cm³/mol. The second kappa shape index (κ2) is 8.44. The maximum absolute atomic E-state index is 11.7. The minimum Gasteiger partial charge on any atom is -0.494 e. The van der Waals surface area contributed by atoms with Crippen molar-refractivity contribution < 1.29 is 19.4 Å². The number of carboxylic acids is 1. The molecule has 7 heteroatoms. The Bertz CT molecular complexity index is 710. The van der Waals surface area contributed by atoms with Crippen molar-refractivity contribution in [3.05, 3.63) is 29.1 Å². The van der Waals surface area contributed by atoms with Crippen LogP contribution >= 0.6 is 11.3 Å². The van der Waals surface area contributed by atoms with Crippen LogP contribution in [0.15, 0.2) is 24.3 Å². The topological polar surface area (TPSA) is 88.5 Å². The summed E-state index contributed by atoms with van der Waals surface area (Å²) < 4.78 is 5.41. The number of rotatable bonds is 8. The van der Waals surface area contributed by atoms with E-state index in [1.54, 1.807) is 0 Å². The Kier molecular flexibility index (Phi) is 6.31. The summed E-state index contributed by atoms with van der Waals surface area (Å²) in [5.74, 6) is -0.309. The first-order chi connectivity index (χ1) is 11.5. The molecule has 0 spiro atoms. The van der Waals surface area contributed by atoms with Gasteiger partial charge < -0.3 is 15.2 Å². The average Bonchev–Trinajstić information content (AvgIpc) is 2.90. The summed E-state index contributed by atoms with van der Waals surface area (Å²) in [7, 11) is 0. The monoisotopic (exact) mass is 348 g/mol. The van der Waals surface area contributed by atoms with Gasteiger partial charge in [-0.1, -0.05) is 6.92 Å². The van der Waals surface area contributed by atoms with Gasteiger partial charge in [0.15, 0.2) is 5.13 Å². The molecule has 1 heterocycles. The largest absolute Gasteiger partial charge is 0.494 e. The molecule has 0 radical (unpaired) electrons. The van der Waals surface area contributed by atoms with Crippen LogP contribution in [0.2, 0.25) is 0 Å². The van der Waals surface area contributed by atoms with E-state index in [9.17, 15) is 9.59 Å². The third-order valence-corrected chi connectivity index (χ3v) is 4.14. The van der Waals surface area contributed by atoms with E-state index in [0.717, 1.165) is 17.7 Å². The molecule has 2 aromatic rings. The second-order valence-electron chi connectivity index (χ2n) is 5.12. The molecule has 0 bridgehead atoms. The van der Waals surface area contributed by atoms with Crippen LogP contribution in [0.4, 0.5) is 5.13 Å². The van der Waals surface area contributed by atoms with E-state index in [0.29, 0.717) is 28.7 Å². The number of amides is 1. The van der Waals surface area contributed by atoms with Crippen LogP contribution in [-0.4, -0.2) is 28.6 Å². The quantitative estimate of drug-likeness (QED) is 0.761. The molecule has 2 rings (SSSR count). The zero-order valence-electron chi connectivity index (χ0n) is 13.7. The van der Waals surface area contributed by atoms with Crippen molar-refractivity contribution in [1.29, 1.82) is 0 Å². The number of thiazole rings is 1. The third kappa shape index (κ3) is 4.79. The van der Waals surface area contributed by atoms with Crippen LogP contribution in [0.25, 0.3) is 11.3 Å². The molecule has 0 aliphatic carbocycles. The van der Waals surface area contributed by atoms with Gasteiger partial charge in [-0.05, 0) is 37.6 Å². The van der Waals surface area contributed by atoms with Gasteiger partial charge in [0.25, 0.3) is 0 Å². The lowest BCUT2D eigenvalue weighted by atomic mass is 10.1. The van der Waals surface area contributed by atoms with Crippen LogP contribution in [0, 0.1) is 0 Å². The number of carboxylic acid groups (broad SMARTS) is 1. The van der Waals surface area contributed by atoms with E-state index in [4.69, 9.17) is 9.84 Å². The fourth-order valence-corrected chi connectivity index (χ4v) is 3.16. The number of aromatic nitrogens is 1. The molecule has 0 atom stereocenters. The van der Waals surface area contributed by atoms with Crippen molar-refractivity contribution >= 4 is 28.3 Å². The van der Waals surface area contributed by atoms with Gasteiger partial charge in [-0.2, -0.15) is 0 Å². The molecule has 0 saturated carbocycles. The Morgan fingerprint density at radius 1 is 1.25 bits per heavy atom. The molecule has 1 aromatic carbocycles. The molecule has 6 nitrogen and oxygen atoms in total. The molecule has 1 amide bonds. The Morgan fingerprint density at radius 3 is 2.54 bits per heavy atom. The maximum Gasteiger partial charge on any atom is 0.308 e. The summed E-state index contributed by atoms with van der Waals surface area (Å²) in [6, 6.07) is 7.31. The van der Waals surface area contributed by atoms with Crippen LogP contribution in [0.3, 0.4) is 0 Å². The molecular formula is C17H20N2O4S. The van der Waals surface area contributed by atoms with Crippen LogP contribution in [0.5, 0.6) is 5.75 Å². The molecule has 0 saturated heterocycles. The summed E-state index contributed by atoms with van der Waals surface area (Å²) >= 11 is 1.20. The van der Waals surface area contributed by atoms with Crippen LogP contribution in [-0.2, 0) is 16.0 Å². The highest BCUT2D eigenvalue weighted by Gasteiger charge is 2.17. The van der Waals surface area contributed by atoms with E-state index in [1.165, 1.54) is 11.3 Å². The number of ether oxygens (including phenoxy) is 1. The number of anilines is 1. The van der Waals surface area contributed by atoms with Crippen molar-refractivity contribution in [1.82, 2.24) is 4.98 Å². The number of hydrogen-bond acceptors (Lipinski definition) is 5. The molecule has 0 aliphatic rings. The van der Waals surface area contributed by atoms with Crippen LogP contribution in [0.1, 0.15) is 31.6 Å². The Balaban J connectivity index is 2.30. The molecule has 2 N–H and O–H groups in total. The lowest BCUT2D eigenvalue weighted by Gasteiger charge is -2.04. The highest BCUT2D eigenvalue weighted by molar-refractivity contribution is 7.16. The maximum atomic E-state index is 11.7. The van der Waals surface area contributed by atoms with E-state index in [2.05, 4.69) is 10.3 Å². The minimum absolute atomic E-state index is 0.119. The standard InChI is InChI=1S/C17H20N2O4S/c1-3-5-14(20)18-17-19-16(13(24-17)10-15(21)22)11-6-8-12(9-7-11)23-4-2/h6-9H,3-5,10H2,1-2H3,(H,21,22)(H,18,19,20). The summed E-state index contributed by atoms with van der Waals surface area (Å²) in [6.07, 6.45) is 1.01. The lowest BCUT2D eigenvalue weighted by Crippen LogP contribution is -2.10. The fraction of sp³-hybridized carbons (Fsp3) is 0.353. The molecule has 0 unspecified atom stereocenters. The SMILES string of the molecule is CCCC(=O)Nc1nc(-c2ccc(OCC)cc2)c(CC(=O)O)s1. The number of benzene rings is 1.